The van der Waals surface area contributed by atoms with Crippen molar-refractivity contribution in [3.63, 3.8) is 0 Å². The van der Waals surface area contributed by atoms with Crippen LogP contribution in [0.3, 0.4) is 0 Å². The van der Waals surface area contributed by atoms with Crippen molar-refractivity contribution in [1.29, 1.82) is 0 Å². The van der Waals surface area contributed by atoms with Crippen molar-refractivity contribution in [3.05, 3.63) is 24.3 Å². The van der Waals surface area contributed by atoms with Gasteiger partial charge in [-0.05, 0) is 12.1 Å². The summed E-state index contributed by atoms with van der Waals surface area (Å²) < 4.78 is 24.0. The normalized spacial score (nSPS) is 11.8. The SMILES string of the molecule is NC(=O)CS(=O)(=O)c1nc2ccccc2s1. The summed E-state index contributed by atoms with van der Waals surface area (Å²) in [5, 5.41) is 0. The Morgan fingerprint density at radius 1 is 1.38 bits per heavy atom. The summed E-state index contributed by atoms with van der Waals surface area (Å²) in [5.74, 6) is -1.58. The van der Waals surface area contributed by atoms with Gasteiger partial charge in [0.05, 0.1) is 10.2 Å². The molecule has 84 valence electrons. The van der Waals surface area contributed by atoms with E-state index in [1.807, 2.05) is 0 Å². The van der Waals surface area contributed by atoms with Gasteiger partial charge in [0.15, 0.2) is 0 Å². The second-order valence-electron chi connectivity index (χ2n) is 3.17. The number of aromatic nitrogens is 1. The first kappa shape index (κ1) is 11.0. The maximum Gasteiger partial charge on any atom is 0.233 e. The van der Waals surface area contributed by atoms with Gasteiger partial charge in [0.25, 0.3) is 0 Å². The van der Waals surface area contributed by atoms with E-state index >= 15 is 0 Å². The molecule has 0 aliphatic carbocycles. The topological polar surface area (TPSA) is 90.1 Å². The van der Waals surface area contributed by atoms with E-state index in [1.165, 1.54) is 0 Å². The number of hydrogen-bond acceptors (Lipinski definition) is 5. The predicted molar refractivity (Wildman–Crippen MR) is 60.9 cm³/mol. The number of fused-ring (bicyclic) bond motifs is 1. The lowest BCUT2D eigenvalue weighted by atomic mass is 10.3. The summed E-state index contributed by atoms with van der Waals surface area (Å²) in [5.41, 5.74) is 5.48. The fraction of sp³-hybridized carbons (Fsp3) is 0.111. The summed E-state index contributed by atoms with van der Waals surface area (Å²) in [4.78, 5) is 14.6. The molecule has 1 aromatic carbocycles. The number of sulfone groups is 1. The Bertz CT molecular complexity index is 613. The van der Waals surface area contributed by atoms with Gasteiger partial charge in [-0.15, -0.1) is 11.3 Å². The molecule has 0 unspecified atom stereocenters. The third-order valence-corrected chi connectivity index (χ3v) is 5.00. The number of nitrogens with zero attached hydrogens (tertiary/aromatic N) is 1. The first-order valence-corrected chi connectivity index (χ1v) is 6.82. The number of hydrogen-bond donors (Lipinski definition) is 1. The minimum atomic E-state index is -3.69. The van der Waals surface area contributed by atoms with Gasteiger partial charge in [0.1, 0.15) is 5.75 Å². The van der Waals surface area contributed by atoms with Crippen molar-refractivity contribution in [2.24, 2.45) is 5.73 Å². The van der Waals surface area contributed by atoms with Crippen LogP contribution in [0.25, 0.3) is 10.2 Å². The summed E-state index contributed by atoms with van der Waals surface area (Å²) in [6, 6.07) is 7.06. The number of rotatable bonds is 3. The van der Waals surface area contributed by atoms with E-state index in [2.05, 4.69) is 4.98 Å². The molecule has 0 aliphatic heterocycles. The quantitative estimate of drug-likeness (QED) is 0.868. The molecule has 0 fully saturated rings. The molecule has 0 bridgehead atoms. The Labute approximate surface area is 95.8 Å². The average Bonchev–Trinajstić information content (AvgIpc) is 2.59. The molecule has 1 aromatic heterocycles. The van der Waals surface area contributed by atoms with Crippen LogP contribution in [0.2, 0.25) is 0 Å². The average molecular weight is 256 g/mol. The highest BCUT2D eigenvalue weighted by molar-refractivity contribution is 7.94. The molecular formula is C9H8N2O3S2. The zero-order valence-corrected chi connectivity index (χ0v) is 9.72. The van der Waals surface area contributed by atoms with Gasteiger partial charge in [0.2, 0.25) is 20.1 Å². The number of benzene rings is 1. The Kier molecular flexibility index (Phi) is 2.64. The predicted octanol–water partition coefficient (Wildman–Crippen LogP) is 0.555. The van der Waals surface area contributed by atoms with E-state index in [0.717, 1.165) is 16.0 Å². The first-order valence-electron chi connectivity index (χ1n) is 4.36. The minimum Gasteiger partial charge on any atom is -0.369 e. The van der Waals surface area contributed by atoms with Crippen LogP contribution in [-0.4, -0.2) is 25.1 Å². The summed E-state index contributed by atoms with van der Waals surface area (Å²) in [6.45, 7) is 0. The molecule has 0 radical (unpaired) electrons. The lowest BCUT2D eigenvalue weighted by Gasteiger charge is -1.94. The molecule has 0 atom stereocenters. The van der Waals surface area contributed by atoms with Crippen LogP contribution >= 0.6 is 11.3 Å². The smallest absolute Gasteiger partial charge is 0.233 e. The van der Waals surface area contributed by atoms with Crippen molar-refractivity contribution in [3.8, 4) is 0 Å². The molecule has 2 rings (SSSR count). The van der Waals surface area contributed by atoms with E-state index in [9.17, 15) is 13.2 Å². The zero-order valence-electron chi connectivity index (χ0n) is 8.08. The molecule has 0 saturated heterocycles. The lowest BCUT2D eigenvalue weighted by molar-refractivity contribution is -0.115. The van der Waals surface area contributed by atoms with Crippen molar-refractivity contribution in [1.82, 2.24) is 4.98 Å². The molecule has 2 N–H and O–H groups in total. The Morgan fingerprint density at radius 2 is 2.06 bits per heavy atom. The summed E-state index contributed by atoms with van der Waals surface area (Å²) in [7, 11) is -3.69. The van der Waals surface area contributed by atoms with Crippen molar-refractivity contribution in [2.75, 3.05) is 5.75 Å². The molecule has 5 nitrogen and oxygen atoms in total. The highest BCUT2D eigenvalue weighted by atomic mass is 32.2. The lowest BCUT2D eigenvalue weighted by Crippen LogP contribution is -2.23. The summed E-state index contributed by atoms with van der Waals surface area (Å²) in [6.07, 6.45) is 0. The third-order valence-electron chi connectivity index (χ3n) is 1.87. The van der Waals surface area contributed by atoms with Gasteiger partial charge in [-0.2, -0.15) is 0 Å². The van der Waals surface area contributed by atoms with Crippen LogP contribution in [0.5, 0.6) is 0 Å². The van der Waals surface area contributed by atoms with Crippen LogP contribution < -0.4 is 5.73 Å². The number of para-hydroxylation sites is 1. The Morgan fingerprint density at radius 3 is 2.69 bits per heavy atom. The van der Waals surface area contributed by atoms with Crippen LogP contribution in [0, 0.1) is 0 Å². The van der Waals surface area contributed by atoms with E-state index in [4.69, 9.17) is 5.73 Å². The van der Waals surface area contributed by atoms with E-state index < -0.39 is 21.5 Å². The van der Waals surface area contributed by atoms with Crippen LogP contribution in [-0.2, 0) is 14.6 Å². The first-order chi connectivity index (χ1) is 7.49. The van der Waals surface area contributed by atoms with Gasteiger partial charge < -0.3 is 5.73 Å². The molecule has 2 aromatic rings. The minimum absolute atomic E-state index is 0.0625. The molecule has 16 heavy (non-hydrogen) atoms. The molecule has 1 amide bonds. The number of carbonyl (C=O) groups is 1. The van der Waals surface area contributed by atoms with E-state index in [0.29, 0.717) is 5.52 Å². The Hall–Kier alpha value is -1.47. The van der Waals surface area contributed by atoms with E-state index in [1.54, 1.807) is 24.3 Å². The van der Waals surface area contributed by atoms with E-state index in [-0.39, 0.29) is 4.34 Å². The molecule has 7 heteroatoms. The van der Waals surface area contributed by atoms with Gasteiger partial charge in [-0.1, -0.05) is 12.1 Å². The molecule has 1 heterocycles. The third kappa shape index (κ3) is 2.05. The maximum atomic E-state index is 11.7. The van der Waals surface area contributed by atoms with Gasteiger partial charge in [-0.3, -0.25) is 4.79 Å². The highest BCUT2D eigenvalue weighted by Gasteiger charge is 2.21. The highest BCUT2D eigenvalue weighted by Crippen LogP contribution is 2.25. The molecule has 0 saturated carbocycles. The maximum absolute atomic E-state index is 11.7. The summed E-state index contributed by atoms with van der Waals surface area (Å²) >= 11 is 1.04. The molecular weight excluding hydrogens is 248 g/mol. The molecule has 0 spiro atoms. The number of nitrogens with two attached hydrogens (primary N) is 1. The Balaban J connectivity index is 2.52. The van der Waals surface area contributed by atoms with Crippen LogP contribution in [0.4, 0.5) is 0 Å². The fourth-order valence-electron chi connectivity index (χ4n) is 1.23. The van der Waals surface area contributed by atoms with Crippen molar-refractivity contribution >= 4 is 37.3 Å². The number of primary amides is 1. The number of carbonyl (C=O) groups excluding carboxylic acids is 1. The number of thiazole rings is 1. The van der Waals surface area contributed by atoms with Crippen LogP contribution in [0.1, 0.15) is 0 Å². The second-order valence-corrected chi connectivity index (χ2v) is 6.37. The second kappa shape index (κ2) is 3.84. The molecule has 0 aliphatic rings. The number of amides is 1. The van der Waals surface area contributed by atoms with Gasteiger partial charge >= 0.3 is 0 Å². The van der Waals surface area contributed by atoms with Gasteiger partial charge in [0, 0.05) is 0 Å². The zero-order chi connectivity index (χ0) is 11.8. The van der Waals surface area contributed by atoms with Crippen LogP contribution in [0.15, 0.2) is 28.6 Å². The fourth-order valence-corrected chi connectivity index (χ4v) is 3.62. The largest absolute Gasteiger partial charge is 0.369 e. The van der Waals surface area contributed by atoms with Gasteiger partial charge in [-0.25, -0.2) is 13.4 Å². The standard InChI is InChI=1S/C9H8N2O3S2/c10-8(12)5-16(13,14)9-11-6-3-1-2-4-7(6)15-9/h1-4H,5H2,(H2,10,12). The van der Waals surface area contributed by atoms with Crippen molar-refractivity contribution in [2.45, 2.75) is 4.34 Å². The monoisotopic (exact) mass is 256 g/mol. The van der Waals surface area contributed by atoms with Crippen molar-refractivity contribution < 1.29 is 13.2 Å².